The molecule has 0 radical (unpaired) electrons. The van der Waals surface area contributed by atoms with Crippen LogP contribution in [0, 0.1) is 5.82 Å². The fraction of sp³-hybridized carbons (Fsp3) is 0.480. The van der Waals surface area contributed by atoms with Crippen molar-refractivity contribution in [1.29, 1.82) is 0 Å². The van der Waals surface area contributed by atoms with Crippen LogP contribution in [-0.4, -0.2) is 57.2 Å². The van der Waals surface area contributed by atoms with Crippen molar-refractivity contribution in [2.45, 2.75) is 38.6 Å². The van der Waals surface area contributed by atoms with Crippen LogP contribution < -0.4 is 14.5 Å². The molecule has 1 aliphatic heterocycles. The Labute approximate surface area is 185 Å². The van der Waals surface area contributed by atoms with Crippen LogP contribution in [0.15, 0.2) is 42.5 Å². The topological polar surface area (TPSA) is 36.0 Å². The molecule has 1 aliphatic rings. The van der Waals surface area contributed by atoms with Gasteiger partial charge in [-0.25, -0.2) is 4.39 Å². The summed E-state index contributed by atoms with van der Waals surface area (Å²) in [7, 11) is 5.79. The molecule has 0 bridgehead atoms. The number of hydrogen-bond acceptors (Lipinski definition) is 4. The molecule has 1 fully saturated rings. The molecule has 31 heavy (non-hydrogen) atoms. The molecule has 2 aromatic rings. The molecule has 1 amide bonds. The van der Waals surface area contributed by atoms with Gasteiger partial charge in [-0.3, -0.25) is 4.79 Å². The van der Waals surface area contributed by atoms with E-state index in [0.717, 1.165) is 38.1 Å². The summed E-state index contributed by atoms with van der Waals surface area (Å²) in [5.41, 5.74) is 1.69. The standard InChI is InChI=1S/C25H34FN3O2/c1-6-7-16-31-21-11-8-19(9-12-21)24(30)28(5)20-10-13-23(22(26)17-20)29-15-14-25(2,18-29)27(3)4/h8-13,17H,6-7,14-16,18H2,1-5H3. The number of nitrogens with zero attached hydrogens (tertiary/aromatic N) is 3. The number of anilines is 2. The van der Waals surface area contributed by atoms with Gasteiger partial charge in [0.1, 0.15) is 11.6 Å². The van der Waals surface area contributed by atoms with Crippen molar-refractivity contribution >= 4 is 17.3 Å². The number of benzene rings is 2. The largest absolute Gasteiger partial charge is 0.494 e. The van der Waals surface area contributed by atoms with Crippen LogP contribution in [0.2, 0.25) is 0 Å². The van der Waals surface area contributed by atoms with Crippen LogP contribution in [0.1, 0.15) is 43.5 Å². The first kappa shape index (κ1) is 23.1. The summed E-state index contributed by atoms with van der Waals surface area (Å²) in [5, 5.41) is 0. The zero-order valence-corrected chi connectivity index (χ0v) is 19.3. The Bertz CT molecular complexity index is 900. The van der Waals surface area contributed by atoms with Gasteiger partial charge in [0.15, 0.2) is 0 Å². The number of carbonyl (C=O) groups is 1. The van der Waals surface area contributed by atoms with Gasteiger partial charge in [-0.05, 0) is 76.3 Å². The van der Waals surface area contributed by atoms with Crippen molar-refractivity contribution in [2.24, 2.45) is 0 Å². The molecular weight excluding hydrogens is 393 g/mol. The summed E-state index contributed by atoms with van der Waals surface area (Å²) in [5.74, 6) is 0.256. The summed E-state index contributed by atoms with van der Waals surface area (Å²) < 4.78 is 20.6. The Hall–Kier alpha value is -2.60. The third kappa shape index (κ3) is 5.18. The first-order valence-corrected chi connectivity index (χ1v) is 11.0. The third-order valence-electron chi connectivity index (χ3n) is 6.36. The van der Waals surface area contributed by atoms with Gasteiger partial charge in [-0.15, -0.1) is 0 Å². The van der Waals surface area contributed by atoms with Crippen LogP contribution in [0.3, 0.4) is 0 Å². The number of carbonyl (C=O) groups excluding carboxylic acids is 1. The monoisotopic (exact) mass is 427 g/mol. The van der Waals surface area contributed by atoms with Crippen molar-refractivity contribution in [1.82, 2.24) is 4.90 Å². The second-order valence-electron chi connectivity index (χ2n) is 8.79. The minimum absolute atomic E-state index is 0.0320. The van der Waals surface area contributed by atoms with E-state index in [1.165, 1.54) is 11.0 Å². The zero-order chi connectivity index (χ0) is 22.6. The van der Waals surface area contributed by atoms with E-state index in [4.69, 9.17) is 4.74 Å². The number of halogens is 1. The molecule has 0 spiro atoms. The lowest BCUT2D eigenvalue weighted by atomic mass is 10.0. The second-order valence-corrected chi connectivity index (χ2v) is 8.79. The summed E-state index contributed by atoms with van der Waals surface area (Å²) in [6.45, 7) is 6.57. The number of likely N-dealkylation sites (N-methyl/N-ethyl adjacent to an activating group) is 1. The van der Waals surface area contributed by atoms with Gasteiger partial charge in [0, 0.05) is 36.9 Å². The van der Waals surface area contributed by atoms with Crippen molar-refractivity contribution in [2.75, 3.05) is 50.6 Å². The Morgan fingerprint density at radius 2 is 1.87 bits per heavy atom. The number of amides is 1. The zero-order valence-electron chi connectivity index (χ0n) is 19.3. The summed E-state index contributed by atoms with van der Waals surface area (Å²) in [6, 6.07) is 12.1. The van der Waals surface area contributed by atoms with E-state index in [-0.39, 0.29) is 17.3 Å². The smallest absolute Gasteiger partial charge is 0.258 e. The van der Waals surface area contributed by atoms with E-state index < -0.39 is 0 Å². The highest BCUT2D eigenvalue weighted by molar-refractivity contribution is 6.05. The first-order valence-electron chi connectivity index (χ1n) is 11.0. The van der Waals surface area contributed by atoms with Crippen LogP contribution >= 0.6 is 0 Å². The molecule has 168 valence electrons. The van der Waals surface area contributed by atoms with Crippen molar-refractivity contribution < 1.29 is 13.9 Å². The predicted octanol–water partition coefficient (Wildman–Crippen LogP) is 4.81. The van der Waals surface area contributed by atoms with Gasteiger partial charge in [0.25, 0.3) is 5.91 Å². The van der Waals surface area contributed by atoms with Crippen molar-refractivity contribution in [3.8, 4) is 5.75 Å². The Balaban J connectivity index is 1.69. The predicted molar refractivity (Wildman–Crippen MR) is 125 cm³/mol. The minimum atomic E-state index is -0.306. The number of ether oxygens (including phenoxy) is 1. The molecule has 1 atom stereocenters. The van der Waals surface area contributed by atoms with Gasteiger partial charge in [0.2, 0.25) is 0 Å². The molecule has 0 aliphatic carbocycles. The highest BCUT2D eigenvalue weighted by Crippen LogP contribution is 2.33. The van der Waals surface area contributed by atoms with E-state index in [9.17, 15) is 9.18 Å². The maximum absolute atomic E-state index is 15.0. The molecule has 0 saturated carbocycles. The Kier molecular flexibility index (Phi) is 7.21. The van der Waals surface area contributed by atoms with Gasteiger partial charge in [-0.1, -0.05) is 13.3 Å². The summed E-state index contributed by atoms with van der Waals surface area (Å²) in [6.07, 6.45) is 3.05. The van der Waals surface area contributed by atoms with E-state index in [2.05, 4.69) is 37.7 Å². The second kappa shape index (κ2) is 9.69. The molecule has 1 saturated heterocycles. The molecular formula is C25H34FN3O2. The molecule has 3 rings (SSSR count). The van der Waals surface area contributed by atoms with E-state index in [1.807, 2.05) is 6.07 Å². The lowest BCUT2D eigenvalue weighted by Crippen LogP contribution is -2.43. The highest BCUT2D eigenvalue weighted by Gasteiger charge is 2.36. The maximum atomic E-state index is 15.0. The molecule has 5 nitrogen and oxygen atoms in total. The molecule has 1 heterocycles. The van der Waals surface area contributed by atoms with Gasteiger partial charge < -0.3 is 19.4 Å². The lowest BCUT2D eigenvalue weighted by Gasteiger charge is -2.32. The molecule has 1 unspecified atom stereocenters. The van der Waals surface area contributed by atoms with Gasteiger partial charge in [0.05, 0.1) is 12.3 Å². The van der Waals surface area contributed by atoms with Gasteiger partial charge in [-0.2, -0.15) is 0 Å². The van der Waals surface area contributed by atoms with Crippen LogP contribution in [0.25, 0.3) is 0 Å². The molecule has 0 aromatic heterocycles. The van der Waals surface area contributed by atoms with Gasteiger partial charge >= 0.3 is 0 Å². The van der Waals surface area contributed by atoms with Crippen LogP contribution in [0.5, 0.6) is 5.75 Å². The summed E-state index contributed by atoms with van der Waals surface area (Å²) in [4.78, 5) is 18.6. The van der Waals surface area contributed by atoms with Crippen LogP contribution in [-0.2, 0) is 0 Å². The molecule has 6 heteroatoms. The van der Waals surface area contributed by atoms with Crippen molar-refractivity contribution in [3.05, 3.63) is 53.8 Å². The van der Waals surface area contributed by atoms with Crippen molar-refractivity contribution in [3.63, 3.8) is 0 Å². The summed E-state index contributed by atoms with van der Waals surface area (Å²) >= 11 is 0. The number of unbranched alkanes of at least 4 members (excludes halogenated alkanes) is 1. The molecule has 2 aromatic carbocycles. The average molecular weight is 428 g/mol. The number of rotatable bonds is 8. The quantitative estimate of drug-likeness (QED) is 0.567. The minimum Gasteiger partial charge on any atom is -0.494 e. The number of hydrogen-bond donors (Lipinski definition) is 0. The Morgan fingerprint density at radius 3 is 2.45 bits per heavy atom. The SMILES string of the molecule is CCCCOc1ccc(C(=O)N(C)c2ccc(N3CCC(C)(N(C)C)C3)c(F)c2)cc1. The normalized spacial score (nSPS) is 18.5. The van der Waals surface area contributed by atoms with E-state index >= 15 is 0 Å². The maximum Gasteiger partial charge on any atom is 0.258 e. The lowest BCUT2D eigenvalue weighted by molar-refractivity contribution is 0.0993. The Morgan fingerprint density at radius 1 is 1.16 bits per heavy atom. The fourth-order valence-corrected chi connectivity index (χ4v) is 3.82. The van der Waals surface area contributed by atoms with E-state index in [1.54, 1.807) is 37.4 Å². The van der Waals surface area contributed by atoms with Crippen LogP contribution in [0.4, 0.5) is 15.8 Å². The third-order valence-corrected chi connectivity index (χ3v) is 6.36. The molecule has 0 N–H and O–H groups in total. The van der Waals surface area contributed by atoms with E-state index in [0.29, 0.717) is 23.5 Å². The average Bonchev–Trinajstić information content (AvgIpc) is 3.16. The highest BCUT2D eigenvalue weighted by atomic mass is 19.1. The fourth-order valence-electron chi connectivity index (χ4n) is 3.82. The first-order chi connectivity index (χ1) is 14.7.